The number of pyridine rings is 1. The Labute approximate surface area is 163 Å². The molecule has 0 aliphatic rings. The first-order chi connectivity index (χ1) is 13.6. The van der Waals surface area contributed by atoms with Crippen LogP contribution in [0.4, 0.5) is 10.2 Å². The molecule has 1 atom stereocenters. The number of methoxy groups -OCH3 is 1. The van der Waals surface area contributed by atoms with Crippen LogP contribution in [-0.4, -0.2) is 24.1 Å². The molecular weight excluding hydrogens is 359 g/mol. The number of hydrogen-bond acceptors (Lipinski definition) is 4. The molecule has 1 aromatic heterocycles. The Hall–Kier alpha value is -3.41. The smallest absolute Gasteiger partial charge is 0.269 e. The van der Waals surface area contributed by atoms with Crippen LogP contribution in [0.2, 0.25) is 0 Å². The Morgan fingerprint density at radius 3 is 2.50 bits per heavy atom. The van der Waals surface area contributed by atoms with Crippen molar-refractivity contribution in [2.24, 2.45) is 0 Å². The van der Waals surface area contributed by atoms with Crippen LogP contribution in [0, 0.1) is 5.82 Å². The van der Waals surface area contributed by atoms with Crippen LogP contribution in [-0.2, 0) is 11.3 Å². The van der Waals surface area contributed by atoms with E-state index in [0.29, 0.717) is 22.9 Å². The summed E-state index contributed by atoms with van der Waals surface area (Å²) < 4.78 is 24.7. The summed E-state index contributed by atoms with van der Waals surface area (Å²) in [7, 11) is 1.54. The molecule has 5 nitrogen and oxygen atoms in total. The van der Waals surface area contributed by atoms with Crippen LogP contribution in [0.3, 0.4) is 0 Å². The number of ether oxygens (including phenoxy) is 2. The van der Waals surface area contributed by atoms with Gasteiger partial charge in [-0.25, -0.2) is 9.37 Å². The van der Waals surface area contributed by atoms with E-state index in [9.17, 15) is 9.18 Å². The number of rotatable bonds is 7. The van der Waals surface area contributed by atoms with Gasteiger partial charge < -0.3 is 9.47 Å². The number of benzene rings is 2. The van der Waals surface area contributed by atoms with E-state index in [1.807, 2.05) is 6.07 Å². The molecule has 1 heterocycles. The Morgan fingerprint density at radius 1 is 1.07 bits per heavy atom. The predicted molar refractivity (Wildman–Crippen MR) is 105 cm³/mol. The normalized spacial score (nSPS) is 11.5. The number of para-hydroxylation sites is 2. The molecule has 0 saturated carbocycles. The van der Waals surface area contributed by atoms with E-state index in [2.05, 4.69) is 4.98 Å². The maximum absolute atomic E-state index is 13.6. The molecule has 2 aromatic carbocycles. The highest BCUT2D eigenvalue weighted by Gasteiger charge is 2.25. The summed E-state index contributed by atoms with van der Waals surface area (Å²) in [6.07, 6.45) is 0.805. The number of anilines is 1. The Morgan fingerprint density at radius 2 is 1.82 bits per heavy atom. The van der Waals surface area contributed by atoms with Crippen molar-refractivity contribution in [3.05, 3.63) is 84.3 Å². The molecule has 144 valence electrons. The molecule has 1 amide bonds. The minimum absolute atomic E-state index is 0.174. The summed E-state index contributed by atoms with van der Waals surface area (Å²) in [6, 6.07) is 18.5. The van der Waals surface area contributed by atoms with Gasteiger partial charge in [0.2, 0.25) is 0 Å². The minimum Gasteiger partial charge on any atom is -0.493 e. The topological polar surface area (TPSA) is 51.7 Å². The van der Waals surface area contributed by atoms with Crippen LogP contribution >= 0.6 is 0 Å². The van der Waals surface area contributed by atoms with Crippen LogP contribution in [0.25, 0.3) is 0 Å². The summed E-state index contributed by atoms with van der Waals surface area (Å²) in [6.45, 7) is 1.84. The molecule has 0 aliphatic heterocycles. The van der Waals surface area contributed by atoms with Gasteiger partial charge >= 0.3 is 0 Å². The fraction of sp³-hybridized carbons (Fsp3) is 0.182. The van der Waals surface area contributed by atoms with E-state index >= 15 is 0 Å². The van der Waals surface area contributed by atoms with Crippen molar-refractivity contribution >= 4 is 11.7 Å². The molecule has 3 rings (SSSR count). The highest BCUT2D eigenvalue weighted by Crippen LogP contribution is 2.27. The van der Waals surface area contributed by atoms with E-state index in [-0.39, 0.29) is 18.3 Å². The maximum Gasteiger partial charge on any atom is 0.269 e. The lowest BCUT2D eigenvalue weighted by Crippen LogP contribution is -2.40. The molecule has 0 spiro atoms. The van der Waals surface area contributed by atoms with E-state index in [1.165, 1.54) is 17.0 Å². The first-order valence-electron chi connectivity index (χ1n) is 8.85. The second kappa shape index (κ2) is 8.99. The Balaban J connectivity index is 1.85. The summed E-state index contributed by atoms with van der Waals surface area (Å²) >= 11 is 0. The van der Waals surface area contributed by atoms with Crippen LogP contribution in [0.1, 0.15) is 12.5 Å². The van der Waals surface area contributed by atoms with Crippen molar-refractivity contribution in [1.29, 1.82) is 0 Å². The summed E-state index contributed by atoms with van der Waals surface area (Å²) in [5.41, 5.74) is 0.656. The van der Waals surface area contributed by atoms with Crippen molar-refractivity contribution in [3.8, 4) is 11.5 Å². The third-order valence-electron chi connectivity index (χ3n) is 4.14. The zero-order valence-corrected chi connectivity index (χ0v) is 15.7. The number of halogens is 1. The lowest BCUT2D eigenvalue weighted by atomic mass is 10.2. The van der Waals surface area contributed by atoms with Gasteiger partial charge in [0.1, 0.15) is 11.6 Å². The summed E-state index contributed by atoms with van der Waals surface area (Å²) in [5, 5.41) is 0. The van der Waals surface area contributed by atoms with Crippen molar-refractivity contribution in [2.75, 3.05) is 12.0 Å². The van der Waals surface area contributed by atoms with Gasteiger partial charge in [-0.05, 0) is 48.9 Å². The highest BCUT2D eigenvalue weighted by atomic mass is 19.1. The predicted octanol–water partition coefficient (Wildman–Crippen LogP) is 4.23. The fourth-order valence-corrected chi connectivity index (χ4v) is 2.78. The molecule has 6 heteroatoms. The molecule has 28 heavy (non-hydrogen) atoms. The molecular formula is C22H21FN2O3. The van der Waals surface area contributed by atoms with E-state index in [0.717, 1.165) is 0 Å². The van der Waals surface area contributed by atoms with Crippen LogP contribution < -0.4 is 14.4 Å². The molecule has 0 saturated heterocycles. The number of carbonyl (C=O) groups excluding carboxylic acids is 1. The Kier molecular flexibility index (Phi) is 6.22. The first-order valence-corrected chi connectivity index (χ1v) is 8.85. The SMILES string of the molecule is COc1ccccc1O[C@H](C)C(=O)N(Cc1cccc(F)c1)c1ccccn1. The quantitative estimate of drug-likeness (QED) is 0.616. The number of nitrogens with zero attached hydrogens (tertiary/aromatic N) is 2. The third kappa shape index (κ3) is 4.65. The van der Waals surface area contributed by atoms with E-state index in [4.69, 9.17) is 9.47 Å². The monoisotopic (exact) mass is 380 g/mol. The maximum atomic E-state index is 13.6. The van der Waals surface area contributed by atoms with Gasteiger partial charge in [0, 0.05) is 6.20 Å². The minimum atomic E-state index is -0.799. The zero-order valence-electron chi connectivity index (χ0n) is 15.7. The molecule has 0 N–H and O–H groups in total. The van der Waals surface area contributed by atoms with Gasteiger partial charge in [0.05, 0.1) is 13.7 Å². The van der Waals surface area contributed by atoms with Gasteiger partial charge in [-0.2, -0.15) is 0 Å². The number of aromatic nitrogens is 1. The zero-order chi connectivity index (χ0) is 19.9. The molecule has 3 aromatic rings. The van der Waals surface area contributed by atoms with E-state index < -0.39 is 6.10 Å². The van der Waals surface area contributed by atoms with Crippen molar-refractivity contribution < 1.29 is 18.7 Å². The van der Waals surface area contributed by atoms with Gasteiger partial charge in [-0.1, -0.05) is 30.3 Å². The number of carbonyl (C=O) groups is 1. The largest absolute Gasteiger partial charge is 0.493 e. The van der Waals surface area contributed by atoms with Crippen molar-refractivity contribution in [1.82, 2.24) is 4.98 Å². The third-order valence-corrected chi connectivity index (χ3v) is 4.14. The van der Waals surface area contributed by atoms with Crippen molar-refractivity contribution in [3.63, 3.8) is 0 Å². The second-order valence-electron chi connectivity index (χ2n) is 6.15. The molecule has 0 fully saturated rings. The van der Waals surface area contributed by atoms with Gasteiger partial charge in [-0.3, -0.25) is 9.69 Å². The van der Waals surface area contributed by atoms with E-state index in [1.54, 1.807) is 68.8 Å². The summed E-state index contributed by atoms with van der Waals surface area (Å²) in [4.78, 5) is 18.9. The van der Waals surface area contributed by atoms with Gasteiger partial charge in [-0.15, -0.1) is 0 Å². The average molecular weight is 380 g/mol. The summed E-state index contributed by atoms with van der Waals surface area (Å²) in [5.74, 6) is 0.819. The fourth-order valence-electron chi connectivity index (χ4n) is 2.78. The lowest BCUT2D eigenvalue weighted by molar-refractivity contribution is -0.124. The second-order valence-corrected chi connectivity index (χ2v) is 6.15. The van der Waals surface area contributed by atoms with Crippen LogP contribution in [0.15, 0.2) is 72.9 Å². The molecule has 0 bridgehead atoms. The van der Waals surface area contributed by atoms with Gasteiger partial charge in [0.15, 0.2) is 17.6 Å². The van der Waals surface area contributed by atoms with Crippen LogP contribution in [0.5, 0.6) is 11.5 Å². The Bertz CT molecular complexity index is 934. The first kappa shape index (κ1) is 19.4. The van der Waals surface area contributed by atoms with Gasteiger partial charge in [0.25, 0.3) is 5.91 Å². The molecule has 0 unspecified atom stereocenters. The number of amides is 1. The lowest BCUT2D eigenvalue weighted by Gasteiger charge is -2.26. The van der Waals surface area contributed by atoms with Crippen molar-refractivity contribution in [2.45, 2.75) is 19.6 Å². The highest BCUT2D eigenvalue weighted by molar-refractivity contribution is 5.95. The molecule has 0 radical (unpaired) electrons. The molecule has 0 aliphatic carbocycles. The average Bonchev–Trinajstić information content (AvgIpc) is 2.72. The number of hydrogen-bond donors (Lipinski definition) is 0. The standard InChI is InChI=1S/C22H21FN2O3/c1-16(28-20-11-4-3-10-19(20)27-2)22(26)25(21-12-5-6-13-24-21)15-17-8-7-9-18(23)14-17/h3-14,16H,15H2,1-2H3/t16-/m1/s1.